The lowest BCUT2D eigenvalue weighted by Crippen LogP contribution is -2.14. The summed E-state index contributed by atoms with van der Waals surface area (Å²) < 4.78 is 0. The Balaban J connectivity index is 1.22. The first-order valence-corrected chi connectivity index (χ1v) is 16.1. The summed E-state index contributed by atoms with van der Waals surface area (Å²) >= 11 is 0. The quantitative estimate of drug-likeness (QED) is 0.188. The molecule has 2 heterocycles. The molecule has 222 valence electrons. The highest BCUT2D eigenvalue weighted by atomic mass is 14.9. The van der Waals surface area contributed by atoms with Crippen molar-refractivity contribution in [3.05, 3.63) is 163 Å². The van der Waals surface area contributed by atoms with Gasteiger partial charge in [0.25, 0.3) is 0 Å². The van der Waals surface area contributed by atoms with Crippen LogP contribution in [0.1, 0.15) is 25.0 Å². The third-order valence-electron chi connectivity index (χ3n) is 9.81. The molecule has 0 aliphatic heterocycles. The van der Waals surface area contributed by atoms with Crippen molar-refractivity contribution >= 4 is 21.5 Å². The fourth-order valence-corrected chi connectivity index (χ4v) is 7.34. The molecule has 0 spiro atoms. The van der Waals surface area contributed by atoms with Gasteiger partial charge in [0.1, 0.15) is 0 Å². The first kappa shape index (κ1) is 27.4. The van der Waals surface area contributed by atoms with Crippen molar-refractivity contribution in [1.82, 2.24) is 15.0 Å². The first-order chi connectivity index (χ1) is 23.0. The van der Waals surface area contributed by atoms with Crippen molar-refractivity contribution in [3.63, 3.8) is 0 Å². The van der Waals surface area contributed by atoms with E-state index in [0.717, 1.165) is 39.2 Å². The molecule has 0 amide bonds. The van der Waals surface area contributed by atoms with Gasteiger partial charge in [-0.15, -0.1) is 0 Å². The molecule has 8 aromatic rings. The molecular formula is C44H31N3. The minimum Gasteiger partial charge on any atom is -0.265 e. The third kappa shape index (κ3) is 4.46. The summed E-state index contributed by atoms with van der Waals surface area (Å²) in [5.74, 6) is 0.714. The number of fused-ring (bicyclic) bond motifs is 6. The van der Waals surface area contributed by atoms with Gasteiger partial charge in [0.2, 0.25) is 0 Å². The number of hydrogen-bond acceptors (Lipinski definition) is 3. The Morgan fingerprint density at radius 1 is 0.426 bits per heavy atom. The van der Waals surface area contributed by atoms with Gasteiger partial charge in [-0.25, -0.2) is 9.97 Å². The molecule has 3 heteroatoms. The predicted molar refractivity (Wildman–Crippen MR) is 194 cm³/mol. The molecule has 1 aliphatic rings. The predicted octanol–water partition coefficient (Wildman–Crippen LogP) is 11.2. The van der Waals surface area contributed by atoms with E-state index in [9.17, 15) is 0 Å². The van der Waals surface area contributed by atoms with Gasteiger partial charge in [-0.2, -0.15) is 0 Å². The van der Waals surface area contributed by atoms with Gasteiger partial charge in [-0.3, -0.25) is 4.98 Å². The van der Waals surface area contributed by atoms with Crippen LogP contribution in [0.15, 0.2) is 152 Å². The molecule has 0 saturated heterocycles. The highest BCUT2D eigenvalue weighted by molar-refractivity contribution is 6.13. The lowest BCUT2D eigenvalue weighted by molar-refractivity contribution is 0.661. The number of hydrogen-bond donors (Lipinski definition) is 0. The van der Waals surface area contributed by atoms with Gasteiger partial charge >= 0.3 is 0 Å². The Morgan fingerprint density at radius 2 is 1.13 bits per heavy atom. The average molecular weight is 602 g/mol. The van der Waals surface area contributed by atoms with E-state index in [4.69, 9.17) is 9.97 Å². The van der Waals surface area contributed by atoms with E-state index in [1.807, 2.05) is 42.7 Å². The van der Waals surface area contributed by atoms with E-state index in [2.05, 4.69) is 128 Å². The average Bonchev–Trinajstić information content (AvgIpc) is 3.36. The van der Waals surface area contributed by atoms with Crippen molar-refractivity contribution in [1.29, 1.82) is 0 Å². The molecule has 0 saturated carbocycles. The molecule has 3 nitrogen and oxygen atoms in total. The minimum atomic E-state index is -0.0566. The van der Waals surface area contributed by atoms with E-state index in [0.29, 0.717) is 5.82 Å². The van der Waals surface area contributed by atoms with Gasteiger partial charge in [-0.1, -0.05) is 123 Å². The molecule has 0 bridgehead atoms. The Hall–Kier alpha value is -5.93. The van der Waals surface area contributed by atoms with Crippen LogP contribution in [0.3, 0.4) is 0 Å². The van der Waals surface area contributed by atoms with Gasteiger partial charge in [-0.05, 0) is 85.3 Å². The van der Waals surface area contributed by atoms with Gasteiger partial charge in [0, 0.05) is 34.5 Å². The van der Waals surface area contributed by atoms with Gasteiger partial charge < -0.3 is 0 Å². The molecule has 0 N–H and O–H groups in total. The van der Waals surface area contributed by atoms with Crippen molar-refractivity contribution in [3.8, 4) is 56.2 Å². The second kappa shape index (κ2) is 10.6. The molecule has 1 aliphatic carbocycles. The normalized spacial score (nSPS) is 13.1. The molecule has 0 radical (unpaired) electrons. The zero-order valence-electron chi connectivity index (χ0n) is 26.3. The maximum absolute atomic E-state index is 5.18. The van der Waals surface area contributed by atoms with Crippen LogP contribution < -0.4 is 0 Å². The van der Waals surface area contributed by atoms with Gasteiger partial charge in [0.05, 0.1) is 11.4 Å². The van der Waals surface area contributed by atoms with Crippen molar-refractivity contribution in [2.45, 2.75) is 19.3 Å². The zero-order valence-corrected chi connectivity index (χ0v) is 26.3. The Morgan fingerprint density at radius 3 is 1.96 bits per heavy atom. The molecule has 47 heavy (non-hydrogen) atoms. The molecular weight excluding hydrogens is 571 g/mol. The lowest BCUT2D eigenvalue weighted by atomic mass is 9.81. The van der Waals surface area contributed by atoms with Crippen LogP contribution in [0.2, 0.25) is 0 Å². The van der Waals surface area contributed by atoms with E-state index >= 15 is 0 Å². The number of nitrogens with zero attached hydrogens (tertiary/aromatic N) is 3. The van der Waals surface area contributed by atoms with Crippen molar-refractivity contribution in [2.24, 2.45) is 0 Å². The largest absolute Gasteiger partial charge is 0.265 e. The van der Waals surface area contributed by atoms with Gasteiger partial charge in [0.15, 0.2) is 5.82 Å². The van der Waals surface area contributed by atoms with E-state index < -0.39 is 0 Å². The zero-order chi connectivity index (χ0) is 31.5. The second-order valence-corrected chi connectivity index (χ2v) is 12.9. The van der Waals surface area contributed by atoms with Crippen LogP contribution >= 0.6 is 0 Å². The summed E-state index contributed by atoms with van der Waals surface area (Å²) in [4.78, 5) is 14.4. The monoisotopic (exact) mass is 601 g/mol. The molecule has 9 rings (SSSR count). The molecule has 2 aromatic heterocycles. The van der Waals surface area contributed by atoms with E-state index in [1.165, 1.54) is 43.8 Å². The third-order valence-corrected chi connectivity index (χ3v) is 9.81. The number of aromatic nitrogens is 3. The number of pyridine rings is 1. The molecule has 0 fully saturated rings. The second-order valence-electron chi connectivity index (χ2n) is 12.9. The number of benzene rings is 6. The topological polar surface area (TPSA) is 38.7 Å². The molecule has 0 unspecified atom stereocenters. The van der Waals surface area contributed by atoms with E-state index in [-0.39, 0.29) is 5.41 Å². The van der Waals surface area contributed by atoms with Crippen LogP contribution in [0, 0.1) is 0 Å². The molecule has 6 aromatic carbocycles. The minimum absolute atomic E-state index is 0.0566. The lowest BCUT2D eigenvalue weighted by Gasteiger charge is -2.22. The highest BCUT2D eigenvalue weighted by Crippen LogP contribution is 2.50. The van der Waals surface area contributed by atoms with Crippen LogP contribution in [0.25, 0.3) is 77.7 Å². The summed E-state index contributed by atoms with van der Waals surface area (Å²) in [5, 5.41) is 4.94. The Kier molecular flexibility index (Phi) is 6.16. The molecule has 0 atom stereocenters. The van der Waals surface area contributed by atoms with Crippen molar-refractivity contribution < 1.29 is 0 Å². The van der Waals surface area contributed by atoms with Crippen LogP contribution in [-0.2, 0) is 5.41 Å². The summed E-state index contributed by atoms with van der Waals surface area (Å²) in [6.45, 7) is 4.69. The van der Waals surface area contributed by atoms with Crippen LogP contribution in [0.5, 0.6) is 0 Å². The summed E-state index contributed by atoms with van der Waals surface area (Å²) in [6.07, 6.45) is 3.65. The maximum Gasteiger partial charge on any atom is 0.160 e. The Labute approximate surface area is 274 Å². The fraction of sp³-hybridized carbons (Fsp3) is 0.0682. The smallest absolute Gasteiger partial charge is 0.160 e. The fourth-order valence-electron chi connectivity index (χ4n) is 7.34. The Bertz CT molecular complexity index is 2460. The highest BCUT2D eigenvalue weighted by Gasteiger charge is 2.35. The van der Waals surface area contributed by atoms with Crippen LogP contribution in [0.4, 0.5) is 0 Å². The van der Waals surface area contributed by atoms with E-state index in [1.54, 1.807) is 0 Å². The number of rotatable bonds is 4. The SMILES string of the molecule is CC1(C)c2ccccc2-c2cc3ccc4c(-c5cc(-c6ccc(-c7ccncc7)cc6)nc(-c6ccccc6)n5)cccc4c3cc21. The first-order valence-electron chi connectivity index (χ1n) is 16.1. The summed E-state index contributed by atoms with van der Waals surface area (Å²) in [5.41, 5.74) is 12.6. The summed E-state index contributed by atoms with van der Waals surface area (Å²) in [6, 6.07) is 49.8. The summed E-state index contributed by atoms with van der Waals surface area (Å²) in [7, 11) is 0. The maximum atomic E-state index is 5.18. The van der Waals surface area contributed by atoms with Crippen LogP contribution in [-0.4, -0.2) is 15.0 Å². The standard InChI is InChI=1S/C44H31N3/c1-44(2)39-14-7-6-11-35(39)38-25-32-19-20-34-33(37(32)26-40(38)44)12-8-13-36(34)42-27-41(46-43(47-42)31-9-4-3-5-10-31)30-17-15-28(16-18-30)29-21-23-45-24-22-29/h3-27H,1-2H3. The van der Waals surface area contributed by atoms with Crippen molar-refractivity contribution in [2.75, 3.05) is 0 Å².